The van der Waals surface area contributed by atoms with Crippen LogP contribution in [0.1, 0.15) is 35.7 Å². The van der Waals surface area contributed by atoms with Gasteiger partial charge in [0.25, 0.3) is 0 Å². The third-order valence-corrected chi connectivity index (χ3v) is 4.47. The standard InChI is InChI=1S/C21H19ClFN3O2/c1-12(2)14-5-7-18(15-10-13(22)4-6-17(15)23)25-20(14)26-19-8-9-24-11-16(19)21(27)28-3/h4-12H,1-3H3,(H,24,25,26). The average Bonchev–Trinajstić information content (AvgIpc) is 2.69. The van der Waals surface area contributed by atoms with Crippen LogP contribution in [0.25, 0.3) is 11.3 Å². The molecule has 0 spiro atoms. The van der Waals surface area contributed by atoms with Gasteiger partial charge in [0.15, 0.2) is 0 Å². The molecule has 2 aromatic heterocycles. The fourth-order valence-corrected chi connectivity index (χ4v) is 2.96. The van der Waals surface area contributed by atoms with E-state index in [4.69, 9.17) is 16.3 Å². The summed E-state index contributed by atoms with van der Waals surface area (Å²) in [5.41, 5.74) is 2.42. The van der Waals surface area contributed by atoms with Crippen molar-refractivity contribution in [2.24, 2.45) is 0 Å². The number of nitrogens with one attached hydrogen (secondary N) is 1. The van der Waals surface area contributed by atoms with Crippen LogP contribution in [-0.2, 0) is 4.74 Å². The van der Waals surface area contributed by atoms with E-state index in [0.717, 1.165) is 5.56 Å². The summed E-state index contributed by atoms with van der Waals surface area (Å²) in [5, 5.41) is 3.59. The van der Waals surface area contributed by atoms with Gasteiger partial charge in [-0.3, -0.25) is 4.98 Å². The summed E-state index contributed by atoms with van der Waals surface area (Å²) in [6.07, 6.45) is 2.98. The summed E-state index contributed by atoms with van der Waals surface area (Å²) in [7, 11) is 1.31. The van der Waals surface area contributed by atoms with E-state index in [0.29, 0.717) is 27.8 Å². The van der Waals surface area contributed by atoms with Crippen LogP contribution in [0.15, 0.2) is 48.8 Å². The highest BCUT2D eigenvalue weighted by Gasteiger charge is 2.17. The van der Waals surface area contributed by atoms with Gasteiger partial charge >= 0.3 is 5.97 Å². The van der Waals surface area contributed by atoms with Crippen LogP contribution < -0.4 is 5.32 Å². The molecule has 0 fully saturated rings. The van der Waals surface area contributed by atoms with Crippen molar-refractivity contribution in [1.29, 1.82) is 0 Å². The van der Waals surface area contributed by atoms with Crippen molar-refractivity contribution in [2.75, 3.05) is 12.4 Å². The number of benzene rings is 1. The molecule has 0 aliphatic heterocycles. The van der Waals surface area contributed by atoms with Gasteiger partial charge in [-0.1, -0.05) is 31.5 Å². The highest BCUT2D eigenvalue weighted by molar-refractivity contribution is 6.30. The van der Waals surface area contributed by atoms with Gasteiger partial charge in [0.05, 0.1) is 18.5 Å². The lowest BCUT2D eigenvalue weighted by molar-refractivity contribution is 0.0601. The van der Waals surface area contributed by atoms with E-state index in [-0.39, 0.29) is 11.5 Å². The number of methoxy groups -OCH3 is 1. The monoisotopic (exact) mass is 399 g/mol. The summed E-state index contributed by atoms with van der Waals surface area (Å²) in [6, 6.07) is 9.62. The second kappa shape index (κ2) is 8.35. The topological polar surface area (TPSA) is 64.1 Å². The summed E-state index contributed by atoms with van der Waals surface area (Å²) >= 11 is 6.02. The van der Waals surface area contributed by atoms with E-state index in [1.54, 1.807) is 18.3 Å². The zero-order valence-corrected chi connectivity index (χ0v) is 16.4. The SMILES string of the molecule is COC(=O)c1cnccc1Nc1nc(-c2cc(Cl)ccc2F)ccc1C(C)C. The second-order valence-corrected chi connectivity index (χ2v) is 6.89. The molecule has 0 amide bonds. The van der Waals surface area contributed by atoms with E-state index in [2.05, 4.69) is 15.3 Å². The van der Waals surface area contributed by atoms with Gasteiger partial charge in [-0.25, -0.2) is 14.2 Å². The zero-order valence-electron chi connectivity index (χ0n) is 15.7. The van der Waals surface area contributed by atoms with Crippen molar-refractivity contribution in [2.45, 2.75) is 19.8 Å². The molecule has 5 nitrogen and oxygen atoms in total. The number of esters is 1. The molecular formula is C21H19ClFN3O2. The lowest BCUT2D eigenvalue weighted by Gasteiger charge is -2.17. The molecule has 1 aromatic carbocycles. The van der Waals surface area contributed by atoms with Crippen molar-refractivity contribution < 1.29 is 13.9 Å². The average molecular weight is 400 g/mol. The Kier molecular flexibility index (Phi) is 5.90. The van der Waals surface area contributed by atoms with Crippen LogP contribution in [0.3, 0.4) is 0 Å². The minimum atomic E-state index is -0.515. The second-order valence-electron chi connectivity index (χ2n) is 6.45. The van der Waals surface area contributed by atoms with E-state index < -0.39 is 11.8 Å². The number of hydrogen-bond donors (Lipinski definition) is 1. The number of rotatable bonds is 5. The first-order chi connectivity index (χ1) is 13.4. The number of anilines is 2. The normalized spacial score (nSPS) is 10.8. The molecule has 28 heavy (non-hydrogen) atoms. The minimum Gasteiger partial charge on any atom is -0.465 e. The number of halogens is 2. The van der Waals surface area contributed by atoms with E-state index in [1.807, 2.05) is 19.9 Å². The molecular weight excluding hydrogens is 381 g/mol. The molecule has 0 aliphatic carbocycles. The largest absolute Gasteiger partial charge is 0.465 e. The number of aromatic nitrogens is 2. The number of hydrogen-bond acceptors (Lipinski definition) is 5. The summed E-state index contributed by atoms with van der Waals surface area (Å²) in [6.45, 7) is 4.05. The molecule has 1 N–H and O–H groups in total. The molecule has 2 heterocycles. The van der Waals surface area contributed by atoms with Crippen molar-refractivity contribution >= 4 is 29.1 Å². The van der Waals surface area contributed by atoms with Gasteiger partial charge in [-0.2, -0.15) is 0 Å². The van der Waals surface area contributed by atoms with E-state index in [1.165, 1.54) is 31.5 Å². The molecule has 3 aromatic rings. The highest BCUT2D eigenvalue weighted by Crippen LogP contribution is 2.32. The predicted octanol–water partition coefficient (Wildman–Crippen LogP) is 5.59. The zero-order chi connectivity index (χ0) is 20.3. The van der Waals surface area contributed by atoms with Crippen LogP contribution in [0.5, 0.6) is 0 Å². The maximum absolute atomic E-state index is 14.3. The Balaban J connectivity index is 2.10. The van der Waals surface area contributed by atoms with Crippen LogP contribution in [0.4, 0.5) is 15.9 Å². The predicted molar refractivity (Wildman–Crippen MR) is 108 cm³/mol. The Morgan fingerprint density at radius 3 is 2.71 bits per heavy atom. The maximum Gasteiger partial charge on any atom is 0.341 e. The highest BCUT2D eigenvalue weighted by atomic mass is 35.5. The lowest BCUT2D eigenvalue weighted by Crippen LogP contribution is -2.08. The minimum absolute atomic E-state index is 0.150. The molecule has 0 bridgehead atoms. The van der Waals surface area contributed by atoms with Gasteiger partial charge < -0.3 is 10.1 Å². The lowest BCUT2D eigenvalue weighted by atomic mass is 10.0. The van der Waals surface area contributed by atoms with Crippen molar-refractivity contribution in [3.63, 3.8) is 0 Å². The number of pyridine rings is 2. The number of ether oxygens (including phenoxy) is 1. The van der Waals surface area contributed by atoms with Gasteiger partial charge in [0.1, 0.15) is 17.2 Å². The van der Waals surface area contributed by atoms with Gasteiger partial charge in [-0.15, -0.1) is 0 Å². The summed E-state index contributed by atoms with van der Waals surface area (Å²) in [5.74, 6) is -0.266. The molecule has 144 valence electrons. The Morgan fingerprint density at radius 1 is 1.21 bits per heavy atom. The Morgan fingerprint density at radius 2 is 2.00 bits per heavy atom. The molecule has 0 aliphatic rings. The number of carbonyl (C=O) groups excluding carboxylic acids is 1. The summed E-state index contributed by atoms with van der Waals surface area (Å²) < 4.78 is 19.1. The van der Waals surface area contributed by atoms with Crippen molar-refractivity contribution in [3.8, 4) is 11.3 Å². The van der Waals surface area contributed by atoms with Gasteiger partial charge in [-0.05, 0) is 41.8 Å². The first-order valence-corrected chi connectivity index (χ1v) is 9.04. The summed E-state index contributed by atoms with van der Waals surface area (Å²) in [4.78, 5) is 20.6. The molecule has 3 rings (SSSR count). The van der Waals surface area contributed by atoms with Crippen LogP contribution in [0.2, 0.25) is 5.02 Å². The van der Waals surface area contributed by atoms with Crippen LogP contribution in [-0.4, -0.2) is 23.0 Å². The quantitative estimate of drug-likeness (QED) is 0.566. The first-order valence-electron chi connectivity index (χ1n) is 8.66. The Bertz CT molecular complexity index is 1020. The molecule has 0 unspecified atom stereocenters. The first kappa shape index (κ1) is 19.8. The van der Waals surface area contributed by atoms with Crippen LogP contribution >= 0.6 is 11.6 Å². The Labute approximate surface area is 167 Å². The molecule has 7 heteroatoms. The fraction of sp³-hybridized carbons (Fsp3) is 0.190. The number of nitrogens with zero attached hydrogens (tertiary/aromatic N) is 2. The third kappa shape index (κ3) is 4.12. The van der Waals surface area contributed by atoms with E-state index >= 15 is 0 Å². The molecule has 0 radical (unpaired) electrons. The van der Waals surface area contributed by atoms with Gasteiger partial charge in [0, 0.05) is 23.0 Å². The molecule has 0 saturated heterocycles. The van der Waals surface area contributed by atoms with Crippen molar-refractivity contribution in [3.05, 3.63) is 70.8 Å². The maximum atomic E-state index is 14.3. The molecule has 0 atom stereocenters. The fourth-order valence-electron chi connectivity index (χ4n) is 2.78. The van der Waals surface area contributed by atoms with Crippen molar-refractivity contribution in [1.82, 2.24) is 9.97 Å². The van der Waals surface area contributed by atoms with Crippen LogP contribution in [0, 0.1) is 5.82 Å². The Hall–Kier alpha value is -2.99. The third-order valence-electron chi connectivity index (χ3n) is 4.23. The van der Waals surface area contributed by atoms with E-state index in [9.17, 15) is 9.18 Å². The smallest absolute Gasteiger partial charge is 0.341 e. The number of carbonyl (C=O) groups is 1. The molecule has 0 saturated carbocycles. The van der Waals surface area contributed by atoms with Gasteiger partial charge in [0.2, 0.25) is 0 Å².